The zero-order valence-electron chi connectivity index (χ0n) is 29.3. The van der Waals surface area contributed by atoms with Crippen molar-refractivity contribution in [3.63, 3.8) is 0 Å². The van der Waals surface area contributed by atoms with Crippen molar-refractivity contribution in [2.24, 2.45) is 0 Å². The Kier molecular flexibility index (Phi) is 11.4. The summed E-state index contributed by atoms with van der Waals surface area (Å²) in [5.74, 6) is 0.967. The highest BCUT2D eigenvalue weighted by molar-refractivity contribution is 6.32. The van der Waals surface area contributed by atoms with Gasteiger partial charge in [-0.2, -0.15) is 10.2 Å². The molecule has 0 radical (unpaired) electrons. The van der Waals surface area contributed by atoms with Gasteiger partial charge in [-0.05, 0) is 80.9 Å². The van der Waals surface area contributed by atoms with E-state index in [4.69, 9.17) is 30.5 Å². The molecule has 0 amide bonds. The fourth-order valence-corrected chi connectivity index (χ4v) is 6.73. The normalized spacial score (nSPS) is 16.0. The second-order valence-corrected chi connectivity index (χ2v) is 13.5. The van der Waals surface area contributed by atoms with Crippen LogP contribution in [0.2, 0.25) is 5.02 Å². The molecule has 0 unspecified atom stereocenters. The number of ether oxygens (including phenoxy) is 2. The molecule has 1 aliphatic heterocycles. The lowest BCUT2D eigenvalue weighted by Crippen LogP contribution is -2.37. The Morgan fingerprint density at radius 1 is 1.08 bits per heavy atom. The first kappa shape index (κ1) is 36.1. The van der Waals surface area contributed by atoms with Crippen molar-refractivity contribution in [2.75, 3.05) is 38.8 Å². The average Bonchev–Trinajstić information content (AvgIpc) is 3.74. The van der Waals surface area contributed by atoms with E-state index < -0.39 is 6.04 Å². The number of nitriles is 1. The molecule has 0 bridgehead atoms. The van der Waals surface area contributed by atoms with Gasteiger partial charge in [0.2, 0.25) is 0 Å². The highest BCUT2D eigenvalue weighted by Gasteiger charge is 2.31. The first-order valence-corrected chi connectivity index (χ1v) is 17.4. The van der Waals surface area contributed by atoms with Gasteiger partial charge in [0.1, 0.15) is 36.3 Å². The molecular formula is C39H43ClN6O5. The minimum atomic E-state index is -0.453. The van der Waals surface area contributed by atoms with E-state index in [-0.39, 0.29) is 26.4 Å². The number of halogens is 1. The first-order valence-electron chi connectivity index (χ1n) is 17.0. The Hall–Kier alpha value is -4.70. The number of anilines is 1. The third-order valence-corrected chi connectivity index (χ3v) is 9.94. The Bertz CT molecular complexity index is 2030. The van der Waals surface area contributed by atoms with Gasteiger partial charge in [0.05, 0.1) is 29.8 Å². The maximum Gasteiger partial charge on any atom is 0.298 e. The maximum absolute atomic E-state index is 9.73. The number of rotatable bonds is 14. The Labute approximate surface area is 303 Å². The molecule has 3 heterocycles. The molecule has 0 aliphatic carbocycles. The van der Waals surface area contributed by atoms with Gasteiger partial charge in [0.25, 0.3) is 6.01 Å². The van der Waals surface area contributed by atoms with Gasteiger partial charge in [0.15, 0.2) is 5.58 Å². The lowest BCUT2D eigenvalue weighted by atomic mass is 9.96. The molecule has 11 nitrogen and oxygen atoms in total. The van der Waals surface area contributed by atoms with Crippen molar-refractivity contribution >= 4 is 28.7 Å². The van der Waals surface area contributed by atoms with Crippen LogP contribution >= 0.6 is 11.6 Å². The van der Waals surface area contributed by atoms with Gasteiger partial charge in [-0.25, -0.2) is 0 Å². The number of hydrogen-bond acceptors (Lipinski definition) is 11. The highest BCUT2D eigenvalue weighted by Crippen LogP contribution is 2.36. The molecule has 0 spiro atoms. The molecule has 5 aromatic rings. The monoisotopic (exact) mass is 710 g/mol. The van der Waals surface area contributed by atoms with Crippen LogP contribution in [0.3, 0.4) is 0 Å². The van der Waals surface area contributed by atoms with Gasteiger partial charge in [-0.3, -0.25) is 9.88 Å². The zero-order valence-corrected chi connectivity index (χ0v) is 30.0. The molecule has 266 valence electrons. The second-order valence-electron chi connectivity index (χ2n) is 13.1. The number of nitrogens with zero attached hydrogens (tertiary/aromatic N) is 5. The van der Waals surface area contributed by atoms with Crippen molar-refractivity contribution in [3.8, 4) is 28.7 Å². The lowest BCUT2D eigenvalue weighted by molar-refractivity contribution is 0.0866. The van der Waals surface area contributed by atoms with Crippen LogP contribution in [0.1, 0.15) is 41.2 Å². The molecule has 12 heteroatoms. The number of benzene rings is 3. The Morgan fingerprint density at radius 3 is 2.63 bits per heavy atom. The molecule has 1 saturated heterocycles. The number of oxazole rings is 1. The SMILES string of the molecule is CN[C@H]1C[C@@H](C)N(c2nc3cc(-c4cccc(COc5cc(OCc6cncc(C#N)c6)c(CN(C)C(CO)CO)cc5Cl)c4C)ccc3o2)C1. The number of fused-ring (bicyclic) bond motifs is 1. The summed E-state index contributed by atoms with van der Waals surface area (Å²) in [5.41, 5.74) is 7.65. The summed E-state index contributed by atoms with van der Waals surface area (Å²) >= 11 is 6.79. The fourth-order valence-electron chi connectivity index (χ4n) is 6.49. The van der Waals surface area contributed by atoms with E-state index in [0.29, 0.717) is 46.7 Å². The number of pyridine rings is 1. The minimum absolute atomic E-state index is 0.162. The summed E-state index contributed by atoms with van der Waals surface area (Å²) in [6, 6.07) is 20.6. The van der Waals surface area contributed by atoms with Gasteiger partial charge >= 0.3 is 0 Å². The van der Waals surface area contributed by atoms with E-state index in [1.54, 1.807) is 24.4 Å². The van der Waals surface area contributed by atoms with Crippen molar-refractivity contribution in [3.05, 3.63) is 99.8 Å². The Morgan fingerprint density at radius 2 is 1.88 bits per heavy atom. The van der Waals surface area contributed by atoms with Gasteiger partial charge in [-0.1, -0.05) is 35.9 Å². The summed E-state index contributed by atoms with van der Waals surface area (Å²) in [5, 5.41) is 32.5. The van der Waals surface area contributed by atoms with Crippen LogP contribution in [-0.4, -0.2) is 77.1 Å². The van der Waals surface area contributed by atoms with Crippen molar-refractivity contribution in [1.29, 1.82) is 5.26 Å². The smallest absolute Gasteiger partial charge is 0.298 e. The predicted octanol–water partition coefficient (Wildman–Crippen LogP) is 5.85. The van der Waals surface area contributed by atoms with Crippen LogP contribution in [0, 0.1) is 18.3 Å². The quantitative estimate of drug-likeness (QED) is 0.128. The number of aliphatic hydroxyl groups excluding tert-OH is 2. The van der Waals surface area contributed by atoms with E-state index in [2.05, 4.69) is 53.3 Å². The summed E-state index contributed by atoms with van der Waals surface area (Å²) in [4.78, 5) is 13.1. The second kappa shape index (κ2) is 16.1. The average molecular weight is 711 g/mol. The predicted molar refractivity (Wildman–Crippen MR) is 197 cm³/mol. The molecule has 1 aliphatic rings. The summed E-state index contributed by atoms with van der Waals surface area (Å²) in [7, 11) is 3.80. The molecule has 2 aromatic heterocycles. The number of aromatic nitrogens is 2. The Balaban J connectivity index is 1.23. The van der Waals surface area contributed by atoms with Gasteiger partial charge < -0.3 is 34.3 Å². The van der Waals surface area contributed by atoms with Crippen molar-refractivity contribution < 1.29 is 24.1 Å². The molecule has 6 rings (SSSR count). The summed E-state index contributed by atoms with van der Waals surface area (Å²) in [6.07, 6.45) is 4.19. The zero-order chi connectivity index (χ0) is 36.1. The van der Waals surface area contributed by atoms with E-state index in [1.807, 2.05) is 37.2 Å². The van der Waals surface area contributed by atoms with E-state index >= 15 is 0 Å². The standard InChI is InChI=1S/C39H43ClN6O5/c1-24-10-31(42-3)19-46(24)39-44-35-13-28(8-9-36(35)51-39)33-7-5-6-29(25(33)2)23-50-38-14-37(49-22-27-11-26(15-41)16-43-17-27)30(12-34(38)40)18-45(4)32(20-47)21-48/h5-9,11-14,16-17,24,31-32,42,47-48H,10,18-23H2,1-4H3/t24-,31+/m1/s1. The minimum Gasteiger partial charge on any atom is -0.488 e. The van der Waals surface area contributed by atoms with Gasteiger partial charge in [-0.15, -0.1) is 0 Å². The molecule has 0 saturated carbocycles. The molecule has 1 fully saturated rings. The number of likely N-dealkylation sites (N-methyl/N-ethyl adjacent to an activating group) is 2. The molecule has 3 aromatic carbocycles. The van der Waals surface area contributed by atoms with Crippen molar-refractivity contribution in [1.82, 2.24) is 20.2 Å². The largest absolute Gasteiger partial charge is 0.488 e. The topological polar surface area (TPSA) is 140 Å². The van der Waals surface area contributed by atoms with Crippen LogP contribution in [0.15, 0.2) is 71.4 Å². The van der Waals surface area contributed by atoms with Crippen LogP contribution in [0.5, 0.6) is 11.5 Å². The number of nitrogens with one attached hydrogen (secondary N) is 1. The van der Waals surface area contributed by atoms with Gasteiger partial charge in [0, 0.05) is 54.8 Å². The lowest BCUT2D eigenvalue weighted by Gasteiger charge is -2.26. The summed E-state index contributed by atoms with van der Waals surface area (Å²) in [6.45, 7) is 5.50. The summed E-state index contributed by atoms with van der Waals surface area (Å²) < 4.78 is 18.8. The van der Waals surface area contributed by atoms with E-state index in [1.165, 1.54) is 6.20 Å². The number of aliphatic hydroxyl groups is 2. The van der Waals surface area contributed by atoms with Crippen LogP contribution in [0.25, 0.3) is 22.2 Å². The van der Waals surface area contributed by atoms with E-state index in [0.717, 1.165) is 57.4 Å². The maximum atomic E-state index is 9.73. The number of hydrogen-bond donors (Lipinski definition) is 3. The molecule has 2 atom stereocenters. The molecule has 51 heavy (non-hydrogen) atoms. The van der Waals surface area contributed by atoms with Crippen LogP contribution in [-0.2, 0) is 19.8 Å². The van der Waals surface area contributed by atoms with E-state index in [9.17, 15) is 15.5 Å². The molecular weight excluding hydrogens is 668 g/mol. The highest BCUT2D eigenvalue weighted by atomic mass is 35.5. The third kappa shape index (κ3) is 8.12. The van der Waals surface area contributed by atoms with Crippen molar-refractivity contribution in [2.45, 2.75) is 58.2 Å². The first-order chi connectivity index (χ1) is 24.7. The fraction of sp³-hybridized carbons (Fsp3) is 0.359. The van der Waals surface area contributed by atoms with Crippen LogP contribution < -0.4 is 19.7 Å². The molecule has 3 N–H and O–H groups in total. The third-order valence-electron chi connectivity index (χ3n) is 9.64. The van der Waals surface area contributed by atoms with Crippen LogP contribution in [0.4, 0.5) is 6.01 Å².